The molecule has 0 bridgehead atoms. The molecule has 1 saturated carbocycles. The van der Waals surface area contributed by atoms with Crippen LogP contribution in [0.4, 0.5) is 5.82 Å². The first-order valence-electron chi connectivity index (χ1n) is 6.71. The van der Waals surface area contributed by atoms with Crippen molar-refractivity contribution in [1.82, 2.24) is 9.97 Å². The third-order valence-corrected chi connectivity index (χ3v) is 3.80. The third kappa shape index (κ3) is 2.72. The van der Waals surface area contributed by atoms with E-state index >= 15 is 0 Å². The minimum Gasteiger partial charge on any atom is -0.474 e. The Bertz CT molecular complexity index is 397. The number of ether oxygens (including phenoxy) is 1. The van der Waals surface area contributed by atoms with E-state index in [-0.39, 0.29) is 6.10 Å². The van der Waals surface area contributed by atoms with Crippen LogP contribution in [0.15, 0.2) is 6.33 Å². The summed E-state index contributed by atoms with van der Waals surface area (Å²) in [6.07, 6.45) is 7.87. The largest absolute Gasteiger partial charge is 0.474 e. The van der Waals surface area contributed by atoms with E-state index in [9.17, 15) is 0 Å². The van der Waals surface area contributed by atoms with E-state index in [0.717, 1.165) is 18.4 Å². The maximum Gasteiger partial charge on any atom is 0.221 e. The Morgan fingerprint density at radius 3 is 2.89 bits per heavy atom. The lowest BCUT2D eigenvalue weighted by atomic mass is 9.85. The highest BCUT2D eigenvalue weighted by Crippen LogP contribution is 2.31. The Balaban J connectivity index is 2.12. The topological polar surface area (TPSA) is 73.1 Å². The zero-order valence-electron chi connectivity index (χ0n) is 11.1. The number of hydrogen-bond acceptors (Lipinski definition) is 5. The van der Waals surface area contributed by atoms with E-state index in [1.54, 1.807) is 0 Å². The average molecular weight is 250 g/mol. The van der Waals surface area contributed by atoms with Gasteiger partial charge in [-0.25, -0.2) is 15.8 Å². The molecule has 0 radical (unpaired) electrons. The van der Waals surface area contributed by atoms with Crippen LogP contribution < -0.4 is 16.0 Å². The van der Waals surface area contributed by atoms with Crippen LogP contribution in [0.1, 0.15) is 44.6 Å². The molecule has 5 nitrogen and oxygen atoms in total. The highest BCUT2D eigenvalue weighted by Gasteiger charge is 2.26. The van der Waals surface area contributed by atoms with Crippen molar-refractivity contribution in [1.29, 1.82) is 0 Å². The van der Waals surface area contributed by atoms with Crippen molar-refractivity contribution >= 4 is 5.82 Å². The fraction of sp³-hybridized carbons (Fsp3) is 0.692. The summed E-state index contributed by atoms with van der Waals surface area (Å²) in [6, 6.07) is 0. The molecule has 100 valence electrons. The number of hydrazine groups is 1. The number of nitrogen functional groups attached to an aromatic ring is 1. The molecular formula is C13H22N4O. The van der Waals surface area contributed by atoms with Crippen molar-refractivity contribution in [3.05, 3.63) is 11.9 Å². The summed E-state index contributed by atoms with van der Waals surface area (Å²) in [4.78, 5) is 8.28. The molecule has 1 heterocycles. The van der Waals surface area contributed by atoms with Crippen molar-refractivity contribution in [2.24, 2.45) is 11.8 Å². The van der Waals surface area contributed by atoms with Gasteiger partial charge in [-0.05, 0) is 38.5 Å². The Morgan fingerprint density at radius 2 is 2.17 bits per heavy atom. The number of anilines is 1. The van der Waals surface area contributed by atoms with E-state index in [1.807, 2.05) is 6.92 Å². The number of aromatic nitrogens is 2. The van der Waals surface area contributed by atoms with E-state index < -0.39 is 0 Å². The van der Waals surface area contributed by atoms with Gasteiger partial charge in [-0.2, -0.15) is 0 Å². The molecule has 1 aliphatic carbocycles. The van der Waals surface area contributed by atoms with E-state index in [0.29, 0.717) is 17.6 Å². The van der Waals surface area contributed by atoms with E-state index in [1.165, 1.54) is 25.6 Å². The van der Waals surface area contributed by atoms with E-state index in [2.05, 4.69) is 22.3 Å². The summed E-state index contributed by atoms with van der Waals surface area (Å²) < 4.78 is 6.09. The Labute approximate surface area is 108 Å². The predicted octanol–water partition coefficient (Wildman–Crippen LogP) is 2.42. The molecule has 2 atom stereocenters. The Hall–Kier alpha value is -1.36. The van der Waals surface area contributed by atoms with Gasteiger partial charge in [-0.1, -0.05) is 13.3 Å². The summed E-state index contributed by atoms with van der Waals surface area (Å²) >= 11 is 0. The molecule has 0 saturated heterocycles. The standard InChI is InChI=1S/C13H22N4O/c1-3-10-6-4-5-7-11(10)18-13-9(2)12(17-14)15-8-16-13/h8,10-11H,3-7,14H2,1-2H3,(H,15,16,17). The molecular weight excluding hydrogens is 228 g/mol. The van der Waals surface area contributed by atoms with Crippen molar-refractivity contribution in [3.8, 4) is 5.88 Å². The van der Waals surface area contributed by atoms with Crippen LogP contribution in [0, 0.1) is 12.8 Å². The van der Waals surface area contributed by atoms with Crippen molar-refractivity contribution in [2.45, 2.75) is 52.1 Å². The third-order valence-electron chi connectivity index (χ3n) is 3.80. The second kappa shape index (κ2) is 6.00. The van der Waals surface area contributed by atoms with E-state index in [4.69, 9.17) is 10.6 Å². The molecule has 3 N–H and O–H groups in total. The van der Waals surface area contributed by atoms with Gasteiger partial charge < -0.3 is 10.2 Å². The fourth-order valence-electron chi connectivity index (χ4n) is 2.64. The zero-order chi connectivity index (χ0) is 13.0. The highest BCUT2D eigenvalue weighted by atomic mass is 16.5. The van der Waals surface area contributed by atoms with Gasteiger partial charge in [-0.15, -0.1) is 0 Å². The van der Waals surface area contributed by atoms with Crippen LogP contribution in [0.3, 0.4) is 0 Å². The van der Waals surface area contributed by atoms with Crippen LogP contribution in [0.25, 0.3) is 0 Å². The number of rotatable bonds is 4. The first-order valence-corrected chi connectivity index (χ1v) is 6.71. The van der Waals surface area contributed by atoms with Gasteiger partial charge in [0.25, 0.3) is 0 Å². The number of nitrogens with two attached hydrogens (primary N) is 1. The van der Waals surface area contributed by atoms with Crippen molar-refractivity contribution < 1.29 is 4.74 Å². The maximum absolute atomic E-state index is 6.09. The van der Waals surface area contributed by atoms with Gasteiger partial charge >= 0.3 is 0 Å². The minimum atomic E-state index is 0.281. The lowest BCUT2D eigenvalue weighted by Crippen LogP contribution is -2.30. The molecule has 1 aromatic rings. The second-order valence-corrected chi connectivity index (χ2v) is 4.91. The fourth-order valence-corrected chi connectivity index (χ4v) is 2.64. The molecule has 0 amide bonds. The summed E-state index contributed by atoms with van der Waals surface area (Å²) in [6.45, 7) is 4.15. The van der Waals surface area contributed by atoms with Crippen LogP contribution in [-0.2, 0) is 0 Å². The van der Waals surface area contributed by atoms with Crippen molar-refractivity contribution in [3.63, 3.8) is 0 Å². The normalized spacial score (nSPS) is 23.7. The summed E-state index contributed by atoms with van der Waals surface area (Å²) in [5.41, 5.74) is 3.44. The Morgan fingerprint density at radius 1 is 1.39 bits per heavy atom. The summed E-state index contributed by atoms with van der Waals surface area (Å²) in [7, 11) is 0. The van der Waals surface area contributed by atoms with Gasteiger partial charge in [0.1, 0.15) is 18.2 Å². The molecule has 5 heteroatoms. The molecule has 18 heavy (non-hydrogen) atoms. The number of hydrogen-bond donors (Lipinski definition) is 2. The van der Waals surface area contributed by atoms with Gasteiger partial charge in [0, 0.05) is 0 Å². The molecule has 0 spiro atoms. The highest BCUT2D eigenvalue weighted by molar-refractivity contribution is 5.46. The lowest BCUT2D eigenvalue weighted by Gasteiger charge is -2.31. The van der Waals surface area contributed by atoms with Gasteiger partial charge in [0.05, 0.1) is 5.56 Å². The van der Waals surface area contributed by atoms with Gasteiger partial charge in [-0.3, -0.25) is 0 Å². The van der Waals surface area contributed by atoms with Gasteiger partial charge in [0.2, 0.25) is 5.88 Å². The molecule has 1 fully saturated rings. The van der Waals surface area contributed by atoms with Crippen LogP contribution >= 0.6 is 0 Å². The first kappa shape index (κ1) is 13.1. The second-order valence-electron chi connectivity index (χ2n) is 4.91. The monoisotopic (exact) mass is 250 g/mol. The molecule has 2 unspecified atom stereocenters. The maximum atomic E-state index is 6.09. The number of nitrogens with one attached hydrogen (secondary N) is 1. The van der Waals surface area contributed by atoms with Gasteiger partial charge in [0.15, 0.2) is 0 Å². The predicted molar refractivity (Wildman–Crippen MR) is 71.2 cm³/mol. The zero-order valence-corrected chi connectivity index (χ0v) is 11.1. The lowest BCUT2D eigenvalue weighted by molar-refractivity contribution is 0.0850. The quantitative estimate of drug-likeness (QED) is 0.634. The van der Waals surface area contributed by atoms with Crippen LogP contribution in [-0.4, -0.2) is 16.1 Å². The first-order chi connectivity index (χ1) is 8.76. The van der Waals surface area contributed by atoms with Crippen LogP contribution in [0.2, 0.25) is 0 Å². The molecule has 2 rings (SSSR count). The molecule has 1 aliphatic rings. The summed E-state index contributed by atoms with van der Waals surface area (Å²) in [5, 5.41) is 0. The molecule has 0 aromatic carbocycles. The molecule has 0 aliphatic heterocycles. The average Bonchev–Trinajstić information content (AvgIpc) is 2.42. The van der Waals surface area contributed by atoms with Crippen LogP contribution in [0.5, 0.6) is 5.88 Å². The summed E-state index contributed by atoms with van der Waals surface area (Å²) in [5.74, 6) is 7.34. The molecule has 1 aromatic heterocycles. The van der Waals surface area contributed by atoms with Crippen molar-refractivity contribution in [2.75, 3.05) is 5.43 Å². The smallest absolute Gasteiger partial charge is 0.221 e. The minimum absolute atomic E-state index is 0.281. The number of nitrogens with zero attached hydrogens (tertiary/aromatic N) is 2. The Kier molecular flexibility index (Phi) is 4.36. The SMILES string of the molecule is CCC1CCCCC1Oc1ncnc(NN)c1C.